The van der Waals surface area contributed by atoms with Gasteiger partial charge in [0, 0.05) is 29.0 Å². The number of pyridine rings is 1. The first-order valence-electron chi connectivity index (χ1n) is 6.51. The molecule has 0 atom stereocenters. The molecule has 0 bridgehead atoms. The zero-order valence-electron chi connectivity index (χ0n) is 11.5. The first-order valence-corrected chi connectivity index (χ1v) is 7.30. The summed E-state index contributed by atoms with van der Waals surface area (Å²) in [7, 11) is 1.93. The van der Waals surface area contributed by atoms with Crippen molar-refractivity contribution in [3.8, 4) is 11.4 Å². The molecule has 2 heterocycles. The molecule has 0 radical (unpaired) electrons. The number of aryl methyl sites for hydroxylation is 1. The molecule has 0 aliphatic carbocycles. The Labute approximate surface area is 131 Å². The van der Waals surface area contributed by atoms with E-state index in [2.05, 4.69) is 42.5 Å². The monoisotopic (exact) mass is 343 g/mol. The maximum atomic E-state index is 4.34. The third-order valence-corrected chi connectivity index (χ3v) is 3.56. The van der Waals surface area contributed by atoms with Crippen LogP contribution < -0.4 is 5.32 Å². The number of anilines is 1. The van der Waals surface area contributed by atoms with E-state index in [4.69, 9.17) is 0 Å². The average Bonchev–Trinajstić information content (AvgIpc) is 2.93. The SMILES string of the molecule is Cn1cnnc1-c1cccc(NCc2ccc(Br)cn2)c1. The Morgan fingerprint density at radius 2 is 2.14 bits per heavy atom. The van der Waals surface area contributed by atoms with Crippen LogP contribution in [-0.2, 0) is 13.6 Å². The predicted molar refractivity (Wildman–Crippen MR) is 85.7 cm³/mol. The third-order valence-electron chi connectivity index (χ3n) is 3.09. The molecule has 0 saturated carbocycles. The average molecular weight is 344 g/mol. The molecule has 2 aromatic heterocycles. The fourth-order valence-electron chi connectivity index (χ4n) is 2.02. The van der Waals surface area contributed by atoms with Crippen LogP contribution in [0.5, 0.6) is 0 Å². The maximum Gasteiger partial charge on any atom is 0.163 e. The van der Waals surface area contributed by atoms with Gasteiger partial charge < -0.3 is 9.88 Å². The summed E-state index contributed by atoms with van der Waals surface area (Å²) in [5.41, 5.74) is 3.05. The van der Waals surface area contributed by atoms with Crippen molar-refractivity contribution < 1.29 is 0 Å². The van der Waals surface area contributed by atoms with Crippen molar-refractivity contribution in [1.82, 2.24) is 19.7 Å². The number of hydrogen-bond donors (Lipinski definition) is 1. The third kappa shape index (κ3) is 3.28. The summed E-state index contributed by atoms with van der Waals surface area (Å²) < 4.78 is 2.88. The van der Waals surface area contributed by atoms with Gasteiger partial charge in [0.25, 0.3) is 0 Å². The van der Waals surface area contributed by atoms with E-state index < -0.39 is 0 Å². The molecule has 106 valence electrons. The quantitative estimate of drug-likeness (QED) is 0.789. The van der Waals surface area contributed by atoms with Gasteiger partial charge in [0.05, 0.1) is 12.2 Å². The second-order valence-electron chi connectivity index (χ2n) is 4.67. The molecule has 21 heavy (non-hydrogen) atoms. The van der Waals surface area contributed by atoms with Crippen LogP contribution >= 0.6 is 15.9 Å². The lowest BCUT2D eigenvalue weighted by Gasteiger charge is -2.08. The Morgan fingerprint density at radius 1 is 1.24 bits per heavy atom. The summed E-state index contributed by atoms with van der Waals surface area (Å²) in [6.45, 7) is 0.676. The van der Waals surface area contributed by atoms with Gasteiger partial charge in [-0.25, -0.2) is 0 Å². The zero-order chi connectivity index (χ0) is 14.7. The highest BCUT2D eigenvalue weighted by molar-refractivity contribution is 9.10. The Balaban J connectivity index is 1.74. The van der Waals surface area contributed by atoms with Crippen LogP contribution in [0.25, 0.3) is 11.4 Å². The van der Waals surface area contributed by atoms with Gasteiger partial charge in [-0.05, 0) is 40.2 Å². The fourth-order valence-corrected chi connectivity index (χ4v) is 2.25. The number of aromatic nitrogens is 4. The summed E-state index contributed by atoms with van der Waals surface area (Å²) in [4.78, 5) is 4.34. The first kappa shape index (κ1) is 13.8. The molecule has 0 unspecified atom stereocenters. The molecule has 3 rings (SSSR count). The van der Waals surface area contributed by atoms with E-state index in [0.717, 1.165) is 27.2 Å². The van der Waals surface area contributed by atoms with Gasteiger partial charge in [-0.1, -0.05) is 12.1 Å². The molecular weight excluding hydrogens is 330 g/mol. The lowest BCUT2D eigenvalue weighted by atomic mass is 10.2. The molecule has 0 aliphatic rings. The van der Waals surface area contributed by atoms with Gasteiger partial charge in [0.15, 0.2) is 5.82 Å². The first-order chi connectivity index (χ1) is 10.2. The van der Waals surface area contributed by atoms with Crippen LogP contribution in [0.2, 0.25) is 0 Å². The van der Waals surface area contributed by atoms with E-state index in [1.54, 1.807) is 12.5 Å². The van der Waals surface area contributed by atoms with Gasteiger partial charge >= 0.3 is 0 Å². The number of nitrogens with one attached hydrogen (secondary N) is 1. The van der Waals surface area contributed by atoms with Crippen molar-refractivity contribution in [1.29, 1.82) is 0 Å². The molecule has 0 fully saturated rings. The number of rotatable bonds is 4. The summed E-state index contributed by atoms with van der Waals surface area (Å²) in [6.07, 6.45) is 3.49. The highest BCUT2D eigenvalue weighted by atomic mass is 79.9. The number of nitrogens with zero attached hydrogens (tertiary/aromatic N) is 4. The molecule has 5 nitrogen and oxygen atoms in total. The minimum absolute atomic E-state index is 0.676. The molecular formula is C15H14BrN5. The van der Waals surface area contributed by atoms with Gasteiger partial charge in [-0.15, -0.1) is 10.2 Å². The second-order valence-corrected chi connectivity index (χ2v) is 5.58. The number of halogens is 1. The standard InChI is InChI=1S/C15H14BrN5/c1-21-10-19-20-15(21)11-3-2-4-13(7-11)18-9-14-6-5-12(16)8-17-14/h2-8,10,18H,9H2,1H3. The van der Waals surface area contributed by atoms with E-state index in [9.17, 15) is 0 Å². The van der Waals surface area contributed by atoms with Crippen LogP contribution in [0.3, 0.4) is 0 Å². The topological polar surface area (TPSA) is 55.6 Å². The van der Waals surface area contributed by atoms with Crippen molar-refractivity contribution >= 4 is 21.6 Å². The normalized spacial score (nSPS) is 10.6. The fraction of sp³-hybridized carbons (Fsp3) is 0.133. The van der Waals surface area contributed by atoms with Gasteiger partial charge in [-0.2, -0.15) is 0 Å². The summed E-state index contributed by atoms with van der Waals surface area (Å²) in [6, 6.07) is 12.1. The van der Waals surface area contributed by atoms with Gasteiger partial charge in [0.2, 0.25) is 0 Å². The summed E-state index contributed by atoms with van der Waals surface area (Å²) in [5.74, 6) is 0.848. The van der Waals surface area contributed by atoms with Gasteiger partial charge in [0.1, 0.15) is 6.33 Å². The molecule has 0 spiro atoms. The lowest BCUT2D eigenvalue weighted by Crippen LogP contribution is -2.01. The van der Waals surface area contributed by atoms with Crippen LogP contribution in [-0.4, -0.2) is 19.7 Å². The summed E-state index contributed by atoms with van der Waals surface area (Å²) in [5, 5.41) is 11.4. The number of hydrogen-bond acceptors (Lipinski definition) is 4. The molecule has 0 aliphatic heterocycles. The van der Waals surface area contributed by atoms with Crippen LogP contribution in [0.15, 0.2) is 53.4 Å². The van der Waals surface area contributed by atoms with Crippen LogP contribution in [0, 0.1) is 0 Å². The van der Waals surface area contributed by atoms with E-state index in [1.165, 1.54) is 0 Å². The van der Waals surface area contributed by atoms with Crippen molar-refractivity contribution in [3.05, 3.63) is 59.1 Å². The minimum Gasteiger partial charge on any atom is -0.379 e. The Hall–Kier alpha value is -2.21. The van der Waals surface area contributed by atoms with E-state index in [1.807, 2.05) is 41.9 Å². The Bertz CT molecular complexity index is 736. The Kier molecular flexibility index (Phi) is 3.96. The Morgan fingerprint density at radius 3 is 2.86 bits per heavy atom. The number of benzene rings is 1. The predicted octanol–water partition coefficient (Wildman–Crippen LogP) is 3.25. The van der Waals surface area contributed by atoms with Gasteiger partial charge in [-0.3, -0.25) is 4.98 Å². The molecule has 1 N–H and O–H groups in total. The van der Waals surface area contributed by atoms with E-state index >= 15 is 0 Å². The minimum atomic E-state index is 0.676. The van der Waals surface area contributed by atoms with Crippen LogP contribution in [0.4, 0.5) is 5.69 Å². The largest absolute Gasteiger partial charge is 0.379 e. The van der Waals surface area contributed by atoms with Crippen molar-refractivity contribution in [2.24, 2.45) is 7.05 Å². The molecule has 6 heteroatoms. The smallest absolute Gasteiger partial charge is 0.163 e. The van der Waals surface area contributed by atoms with E-state index in [0.29, 0.717) is 6.54 Å². The maximum absolute atomic E-state index is 4.34. The van der Waals surface area contributed by atoms with Crippen molar-refractivity contribution in [3.63, 3.8) is 0 Å². The highest BCUT2D eigenvalue weighted by Crippen LogP contribution is 2.20. The summed E-state index contributed by atoms with van der Waals surface area (Å²) >= 11 is 3.38. The van der Waals surface area contributed by atoms with Crippen molar-refractivity contribution in [2.45, 2.75) is 6.54 Å². The van der Waals surface area contributed by atoms with Crippen LogP contribution in [0.1, 0.15) is 5.69 Å². The zero-order valence-corrected chi connectivity index (χ0v) is 13.1. The van der Waals surface area contributed by atoms with E-state index in [-0.39, 0.29) is 0 Å². The molecule has 0 saturated heterocycles. The molecule has 0 amide bonds. The molecule has 3 aromatic rings. The molecule has 1 aromatic carbocycles. The highest BCUT2D eigenvalue weighted by Gasteiger charge is 2.05. The lowest BCUT2D eigenvalue weighted by molar-refractivity contribution is 0.919. The van der Waals surface area contributed by atoms with Crippen molar-refractivity contribution in [2.75, 3.05) is 5.32 Å². The second kappa shape index (κ2) is 6.05.